The highest BCUT2D eigenvalue weighted by molar-refractivity contribution is 5.99. The lowest BCUT2D eigenvalue weighted by molar-refractivity contribution is 0.0797. The molecule has 2 aromatic heterocycles. The molecule has 0 aliphatic rings. The topological polar surface area (TPSA) is 87.9 Å². The molecule has 0 unspecified atom stereocenters. The van der Waals surface area contributed by atoms with Crippen LogP contribution in [0, 0.1) is 6.92 Å². The van der Waals surface area contributed by atoms with Crippen LogP contribution in [-0.2, 0) is 6.42 Å². The van der Waals surface area contributed by atoms with Gasteiger partial charge in [-0.15, -0.1) is 0 Å². The highest BCUT2D eigenvalue weighted by Crippen LogP contribution is 2.14. The number of rotatable bonds is 4. The maximum absolute atomic E-state index is 12.2. The van der Waals surface area contributed by atoms with Crippen molar-refractivity contribution in [3.05, 3.63) is 41.3 Å². The minimum Gasteiger partial charge on any atom is -0.382 e. The monoisotopic (exact) mass is 259 g/mol. The molecule has 2 aromatic rings. The quantitative estimate of drug-likeness (QED) is 0.857. The number of carbonyl (C=O) groups is 1. The largest absolute Gasteiger partial charge is 0.382 e. The molecule has 0 aliphatic carbocycles. The molecule has 0 aliphatic heterocycles. The summed E-state index contributed by atoms with van der Waals surface area (Å²) in [6, 6.07) is 3.88. The summed E-state index contributed by atoms with van der Waals surface area (Å²) in [7, 11) is 1.76. The van der Waals surface area contributed by atoms with Crippen LogP contribution in [0.2, 0.25) is 0 Å². The average Bonchev–Trinajstić information content (AvgIpc) is 2.76. The van der Waals surface area contributed by atoms with Gasteiger partial charge in [-0.2, -0.15) is 5.10 Å². The smallest absolute Gasteiger partial charge is 0.259 e. The Labute approximate surface area is 111 Å². The van der Waals surface area contributed by atoms with Crippen LogP contribution in [0.5, 0.6) is 0 Å². The van der Waals surface area contributed by atoms with Gasteiger partial charge in [-0.1, -0.05) is 0 Å². The zero-order chi connectivity index (χ0) is 13.8. The van der Waals surface area contributed by atoms with Gasteiger partial charge in [0.1, 0.15) is 5.56 Å². The molecule has 0 aromatic carbocycles. The number of nitrogens with two attached hydrogens (primary N) is 1. The first-order valence-corrected chi connectivity index (χ1v) is 6.04. The fourth-order valence-corrected chi connectivity index (χ4v) is 1.86. The summed E-state index contributed by atoms with van der Waals surface area (Å²) >= 11 is 0. The Kier molecular flexibility index (Phi) is 3.79. The van der Waals surface area contributed by atoms with Crippen LogP contribution in [0.25, 0.3) is 0 Å². The van der Waals surface area contributed by atoms with Crippen molar-refractivity contribution in [2.45, 2.75) is 13.3 Å². The zero-order valence-electron chi connectivity index (χ0n) is 11.1. The van der Waals surface area contributed by atoms with Gasteiger partial charge < -0.3 is 10.6 Å². The number of hydrogen-bond donors (Lipinski definition) is 2. The van der Waals surface area contributed by atoms with Crippen molar-refractivity contribution in [2.24, 2.45) is 0 Å². The Bertz CT molecular complexity index is 544. The maximum atomic E-state index is 12.2. The minimum atomic E-state index is -0.113. The first-order valence-electron chi connectivity index (χ1n) is 6.04. The second-order valence-corrected chi connectivity index (χ2v) is 4.44. The van der Waals surface area contributed by atoms with Gasteiger partial charge in [-0.25, -0.2) is 0 Å². The van der Waals surface area contributed by atoms with Crippen LogP contribution in [0.15, 0.2) is 24.5 Å². The molecule has 19 heavy (non-hydrogen) atoms. The van der Waals surface area contributed by atoms with E-state index in [4.69, 9.17) is 5.73 Å². The van der Waals surface area contributed by atoms with E-state index in [1.807, 2.05) is 12.1 Å². The fourth-order valence-electron chi connectivity index (χ4n) is 1.86. The molecule has 100 valence electrons. The fraction of sp³-hybridized carbons (Fsp3) is 0.308. The molecule has 0 saturated heterocycles. The van der Waals surface area contributed by atoms with Crippen LogP contribution < -0.4 is 5.73 Å². The van der Waals surface area contributed by atoms with Gasteiger partial charge in [0.05, 0.1) is 0 Å². The number of nitrogens with zero attached hydrogens (tertiary/aromatic N) is 3. The van der Waals surface area contributed by atoms with E-state index in [1.165, 1.54) is 0 Å². The number of anilines is 1. The highest BCUT2D eigenvalue weighted by atomic mass is 16.2. The van der Waals surface area contributed by atoms with Gasteiger partial charge in [0.25, 0.3) is 5.91 Å². The lowest BCUT2D eigenvalue weighted by Gasteiger charge is -2.17. The first-order chi connectivity index (χ1) is 9.09. The Morgan fingerprint density at radius 1 is 1.42 bits per heavy atom. The molecule has 1 amide bonds. The Balaban J connectivity index is 2.01. The Hall–Kier alpha value is -2.37. The summed E-state index contributed by atoms with van der Waals surface area (Å²) in [5.74, 6) is 0.135. The lowest BCUT2D eigenvalue weighted by Crippen LogP contribution is -2.29. The standard InChI is InChI=1S/C13H17N5O/c1-9-11(12(14)17-16-9)13(19)18(2)8-5-10-3-6-15-7-4-10/h3-4,6-7H,5,8H2,1-2H3,(H3,14,16,17). The number of hydrogen-bond acceptors (Lipinski definition) is 4. The summed E-state index contributed by atoms with van der Waals surface area (Å²) in [5.41, 5.74) is 7.98. The predicted molar refractivity (Wildman–Crippen MR) is 72.6 cm³/mol. The van der Waals surface area contributed by atoms with E-state index in [2.05, 4.69) is 15.2 Å². The number of nitrogens with one attached hydrogen (secondary N) is 1. The lowest BCUT2D eigenvalue weighted by atomic mass is 10.1. The summed E-state index contributed by atoms with van der Waals surface area (Å²) < 4.78 is 0. The molecule has 0 atom stereocenters. The van der Waals surface area contributed by atoms with Crippen molar-refractivity contribution in [2.75, 3.05) is 19.3 Å². The van der Waals surface area contributed by atoms with Gasteiger partial charge in [-0.3, -0.25) is 14.9 Å². The highest BCUT2D eigenvalue weighted by Gasteiger charge is 2.19. The molecular formula is C13H17N5O. The molecule has 0 bridgehead atoms. The van der Waals surface area contributed by atoms with Crippen LogP contribution in [0.4, 0.5) is 5.82 Å². The Morgan fingerprint density at radius 2 is 2.11 bits per heavy atom. The van der Waals surface area contributed by atoms with Gasteiger partial charge in [0.2, 0.25) is 0 Å². The van der Waals surface area contributed by atoms with Gasteiger partial charge in [-0.05, 0) is 31.0 Å². The van der Waals surface area contributed by atoms with Crippen molar-refractivity contribution >= 4 is 11.7 Å². The van der Waals surface area contributed by atoms with Crippen molar-refractivity contribution in [3.63, 3.8) is 0 Å². The number of pyridine rings is 1. The molecular weight excluding hydrogens is 242 g/mol. The normalized spacial score (nSPS) is 10.4. The SMILES string of the molecule is Cc1[nH]nc(N)c1C(=O)N(C)CCc1ccncc1. The molecule has 3 N–H and O–H groups in total. The average molecular weight is 259 g/mol. The number of nitrogen functional groups attached to an aromatic ring is 1. The van der Waals surface area contributed by atoms with E-state index in [9.17, 15) is 4.79 Å². The predicted octanol–water partition coefficient (Wildman–Crippen LogP) is 1.01. The molecule has 6 heteroatoms. The summed E-state index contributed by atoms with van der Waals surface area (Å²) in [4.78, 5) is 17.9. The van der Waals surface area contributed by atoms with Gasteiger partial charge >= 0.3 is 0 Å². The van der Waals surface area contributed by atoms with Crippen molar-refractivity contribution in [1.82, 2.24) is 20.1 Å². The van der Waals surface area contributed by atoms with E-state index in [0.717, 1.165) is 12.0 Å². The van der Waals surface area contributed by atoms with E-state index in [0.29, 0.717) is 17.8 Å². The number of aromatic nitrogens is 3. The molecule has 0 saturated carbocycles. The van der Waals surface area contributed by atoms with Gasteiger partial charge in [0.15, 0.2) is 5.82 Å². The van der Waals surface area contributed by atoms with E-state index >= 15 is 0 Å². The minimum absolute atomic E-state index is 0.113. The van der Waals surface area contributed by atoms with Gasteiger partial charge in [0, 0.05) is 31.7 Å². The van der Waals surface area contributed by atoms with Crippen LogP contribution in [0.3, 0.4) is 0 Å². The van der Waals surface area contributed by atoms with Crippen molar-refractivity contribution in [3.8, 4) is 0 Å². The molecule has 2 rings (SSSR count). The van der Waals surface area contributed by atoms with Crippen LogP contribution in [-0.4, -0.2) is 39.6 Å². The molecule has 0 fully saturated rings. The molecule has 2 heterocycles. The number of aromatic amines is 1. The molecule has 0 radical (unpaired) electrons. The number of likely N-dealkylation sites (N-methyl/N-ethyl adjacent to an activating group) is 1. The summed E-state index contributed by atoms with van der Waals surface area (Å²) in [6.07, 6.45) is 4.27. The second kappa shape index (κ2) is 5.51. The van der Waals surface area contributed by atoms with E-state index in [-0.39, 0.29) is 11.7 Å². The van der Waals surface area contributed by atoms with Crippen molar-refractivity contribution in [1.29, 1.82) is 0 Å². The second-order valence-electron chi connectivity index (χ2n) is 4.44. The first kappa shape index (κ1) is 13.1. The molecule has 6 nitrogen and oxygen atoms in total. The van der Waals surface area contributed by atoms with Crippen LogP contribution >= 0.6 is 0 Å². The van der Waals surface area contributed by atoms with E-state index < -0.39 is 0 Å². The third-order valence-corrected chi connectivity index (χ3v) is 3.02. The third-order valence-electron chi connectivity index (χ3n) is 3.02. The number of H-pyrrole nitrogens is 1. The Morgan fingerprint density at radius 3 is 2.68 bits per heavy atom. The number of aryl methyl sites for hydroxylation is 1. The number of carbonyl (C=O) groups excluding carboxylic acids is 1. The zero-order valence-corrected chi connectivity index (χ0v) is 11.1. The summed E-state index contributed by atoms with van der Waals surface area (Å²) in [5, 5.41) is 6.55. The summed E-state index contributed by atoms with van der Waals surface area (Å²) in [6.45, 7) is 2.40. The molecule has 0 spiro atoms. The van der Waals surface area contributed by atoms with Crippen molar-refractivity contribution < 1.29 is 4.79 Å². The third kappa shape index (κ3) is 2.90. The van der Waals surface area contributed by atoms with Crippen LogP contribution in [0.1, 0.15) is 21.6 Å². The maximum Gasteiger partial charge on any atom is 0.259 e. The van der Waals surface area contributed by atoms with E-state index in [1.54, 1.807) is 31.3 Å². The number of amides is 1.